The van der Waals surface area contributed by atoms with Crippen LogP contribution in [0.2, 0.25) is 0 Å². The molecule has 0 radical (unpaired) electrons. The highest BCUT2D eigenvalue weighted by Crippen LogP contribution is 2.29. The molecule has 4 aromatic rings. The SMILES string of the molecule is Cc1nc(-c2ccc(CCNC(=O)c3cc(-c4ccccc4)no3)s2)cs1. The highest BCUT2D eigenvalue weighted by Gasteiger charge is 2.14. The third kappa shape index (κ3) is 4.15. The van der Waals surface area contributed by atoms with Crippen molar-refractivity contribution in [3.05, 3.63) is 69.6 Å². The molecule has 0 bridgehead atoms. The number of benzene rings is 1. The summed E-state index contributed by atoms with van der Waals surface area (Å²) in [5.74, 6) is -0.0322. The molecule has 4 rings (SSSR count). The van der Waals surface area contributed by atoms with Gasteiger partial charge in [0.25, 0.3) is 5.91 Å². The lowest BCUT2D eigenvalue weighted by atomic mass is 10.1. The zero-order chi connectivity index (χ0) is 18.6. The van der Waals surface area contributed by atoms with Crippen LogP contribution in [0, 0.1) is 6.92 Å². The molecule has 5 nitrogen and oxygen atoms in total. The molecule has 1 N–H and O–H groups in total. The topological polar surface area (TPSA) is 68.0 Å². The first-order valence-corrected chi connectivity index (χ1v) is 10.2. The number of carbonyl (C=O) groups is 1. The van der Waals surface area contributed by atoms with Crippen molar-refractivity contribution in [1.29, 1.82) is 0 Å². The maximum Gasteiger partial charge on any atom is 0.289 e. The fraction of sp³-hybridized carbons (Fsp3) is 0.150. The maximum atomic E-state index is 12.3. The predicted molar refractivity (Wildman–Crippen MR) is 108 cm³/mol. The van der Waals surface area contributed by atoms with Crippen molar-refractivity contribution in [2.75, 3.05) is 6.54 Å². The standard InChI is InChI=1S/C20H17N3O2S2/c1-13-22-17(12-26-13)19-8-7-15(27-19)9-10-21-20(24)18-11-16(23-25-18)14-5-3-2-4-6-14/h2-8,11-12H,9-10H2,1H3,(H,21,24). The fourth-order valence-electron chi connectivity index (χ4n) is 2.64. The monoisotopic (exact) mass is 395 g/mol. The summed E-state index contributed by atoms with van der Waals surface area (Å²) in [6, 6.07) is 15.5. The van der Waals surface area contributed by atoms with Gasteiger partial charge in [-0.3, -0.25) is 4.79 Å². The first kappa shape index (κ1) is 17.6. The molecule has 0 aliphatic heterocycles. The Bertz CT molecular complexity index is 1050. The Kier molecular flexibility index (Phi) is 5.13. The van der Waals surface area contributed by atoms with E-state index in [1.54, 1.807) is 28.7 Å². The Labute approximate surface area is 164 Å². The number of hydrogen-bond donors (Lipinski definition) is 1. The number of thiophene rings is 1. The molecule has 0 saturated heterocycles. The fourth-order valence-corrected chi connectivity index (χ4v) is 4.30. The normalized spacial score (nSPS) is 10.9. The molecule has 27 heavy (non-hydrogen) atoms. The molecule has 7 heteroatoms. The van der Waals surface area contributed by atoms with Gasteiger partial charge in [0, 0.05) is 28.4 Å². The summed E-state index contributed by atoms with van der Waals surface area (Å²) in [6.45, 7) is 2.54. The van der Waals surface area contributed by atoms with E-state index >= 15 is 0 Å². The molecule has 1 amide bonds. The Hall–Kier alpha value is -2.77. The zero-order valence-corrected chi connectivity index (χ0v) is 16.3. The van der Waals surface area contributed by atoms with Gasteiger partial charge in [-0.25, -0.2) is 4.98 Å². The highest BCUT2D eigenvalue weighted by atomic mass is 32.1. The molecule has 0 aliphatic rings. The van der Waals surface area contributed by atoms with Crippen LogP contribution in [0.1, 0.15) is 20.4 Å². The van der Waals surface area contributed by atoms with E-state index in [1.807, 2.05) is 37.3 Å². The Balaban J connectivity index is 1.32. The van der Waals surface area contributed by atoms with E-state index in [1.165, 1.54) is 4.88 Å². The molecule has 0 saturated carbocycles. The van der Waals surface area contributed by atoms with Crippen LogP contribution in [-0.2, 0) is 6.42 Å². The second-order valence-corrected chi connectivity index (χ2v) is 8.20. The van der Waals surface area contributed by atoms with Crippen molar-refractivity contribution in [3.63, 3.8) is 0 Å². The van der Waals surface area contributed by atoms with E-state index < -0.39 is 0 Å². The van der Waals surface area contributed by atoms with Crippen LogP contribution < -0.4 is 5.32 Å². The van der Waals surface area contributed by atoms with Gasteiger partial charge in [0.15, 0.2) is 0 Å². The largest absolute Gasteiger partial charge is 0.350 e. The number of carbonyl (C=O) groups excluding carboxylic acids is 1. The summed E-state index contributed by atoms with van der Waals surface area (Å²) in [5.41, 5.74) is 2.60. The zero-order valence-electron chi connectivity index (χ0n) is 14.6. The lowest BCUT2D eigenvalue weighted by molar-refractivity contribution is 0.0917. The van der Waals surface area contributed by atoms with Crippen molar-refractivity contribution in [2.24, 2.45) is 0 Å². The number of nitrogens with one attached hydrogen (secondary N) is 1. The molecule has 3 heterocycles. The van der Waals surface area contributed by atoms with Crippen molar-refractivity contribution in [2.45, 2.75) is 13.3 Å². The van der Waals surface area contributed by atoms with Crippen LogP contribution in [0.4, 0.5) is 0 Å². The smallest absolute Gasteiger partial charge is 0.289 e. The number of rotatable bonds is 6. The van der Waals surface area contributed by atoms with Crippen molar-refractivity contribution < 1.29 is 9.32 Å². The molecule has 0 aliphatic carbocycles. The molecule has 0 atom stereocenters. The predicted octanol–water partition coefficient (Wildman–Crippen LogP) is 4.81. The molecule has 1 aromatic carbocycles. The molecule has 0 fully saturated rings. The Morgan fingerprint density at radius 2 is 2.00 bits per heavy atom. The van der Waals surface area contributed by atoms with E-state index in [2.05, 4.69) is 33.0 Å². The number of thiazole rings is 1. The van der Waals surface area contributed by atoms with E-state index in [0.717, 1.165) is 27.6 Å². The van der Waals surface area contributed by atoms with Gasteiger partial charge in [0.1, 0.15) is 5.69 Å². The third-order valence-electron chi connectivity index (χ3n) is 3.99. The van der Waals surface area contributed by atoms with Crippen molar-refractivity contribution in [1.82, 2.24) is 15.5 Å². The molecular formula is C20H17N3O2S2. The van der Waals surface area contributed by atoms with Crippen LogP contribution in [-0.4, -0.2) is 22.6 Å². The summed E-state index contributed by atoms with van der Waals surface area (Å²) in [7, 11) is 0. The van der Waals surface area contributed by atoms with Crippen LogP contribution >= 0.6 is 22.7 Å². The van der Waals surface area contributed by atoms with E-state index in [-0.39, 0.29) is 11.7 Å². The van der Waals surface area contributed by atoms with Crippen LogP contribution in [0.25, 0.3) is 21.8 Å². The van der Waals surface area contributed by atoms with Gasteiger partial charge in [-0.05, 0) is 25.5 Å². The molecular weight excluding hydrogens is 378 g/mol. The maximum absolute atomic E-state index is 12.3. The second kappa shape index (κ2) is 7.85. The average Bonchev–Trinajstić information content (AvgIpc) is 3.43. The van der Waals surface area contributed by atoms with Crippen molar-refractivity contribution >= 4 is 28.6 Å². The first-order chi connectivity index (χ1) is 13.2. The van der Waals surface area contributed by atoms with Crippen molar-refractivity contribution in [3.8, 4) is 21.8 Å². The highest BCUT2D eigenvalue weighted by molar-refractivity contribution is 7.16. The number of hydrogen-bond acceptors (Lipinski definition) is 6. The van der Waals surface area contributed by atoms with Crippen LogP contribution in [0.5, 0.6) is 0 Å². The minimum atomic E-state index is -0.253. The minimum Gasteiger partial charge on any atom is -0.350 e. The van der Waals surface area contributed by atoms with Gasteiger partial charge in [0.05, 0.1) is 15.6 Å². The van der Waals surface area contributed by atoms with E-state index in [9.17, 15) is 4.79 Å². The molecule has 0 unspecified atom stereocenters. The summed E-state index contributed by atoms with van der Waals surface area (Å²) in [4.78, 5) is 19.1. The third-order valence-corrected chi connectivity index (χ3v) is 5.93. The number of aryl methyl sites for hydroxylation is 1. The minimum absolute atomic E-state index is 0.221. The van der Waals surface area contributed by atoms with Gasteiger partial charge < -0.3 is 9.84 Å². The van der Waals surface area contributed by atoms with E-state index in [4.69, 9.17) is 4.52 Å². The lowest BCUT2D eigenvalue weighted by Crippen LogP contribution is -2.25. The summed E-state index contributed by atoms with van der Waals surface area (Å²) < 4.78 is 5.18. The summed E-state index contributed by atoms with van der Waals surface area (Å²) in [5, 5.41) is 9.99. The molecule has 0 spiro atoms. The summed E-state index contributed by atoms with van der Waals surface area (Å²) >= 11 is 3.36. The first-order valence-electron chi connectivity index (χ1n) is 8.50. The van der Waals surface area contributed by atoms with Gasteiger partial charge in [-0.15, -0.1) is 22.7 Å². The molecule has 3 aromatic heterocycles. The molecule has 136 valence electrons. The van der Waals surface area contributed by atoms with Gasteiger partial charge >= 0.3 is 0 Å². The van der Waals surface area contributed by atoms with Gasteiger partial charge in [-0.1, -0.05) is 35.5 Å². The van der Waals surface area contributed by atoms with Gasteiger partial charge in [0.2, 0.25) is 5.76 Å². The quantitative estimate of drug-likeness (QED) is 0.509. The van der Waals surface area contributed by atoms with E-state index in [0.29, 0.717) is 12.2 Å². The number of nitrogens with zero attached hydrogens (tertiary/aromatic N) is 2. The summed E-state index contributed by atoms with van der Waals surface area (Å²) in [6.07, 6.45) is 0.763. The Morgan fingerprint density at radius 3 is 2.78 bits per heavy atom. The number of aromatic nitrogens is 2. The second-order valence-electron chi connectivity index (χ2n) is 5.97. The Morgan fingerprint density at radius 1 is 1.15 bits per heavy atom. The van der Waals surface area contributed by atoms with Crippen LogP contribution in [0.3, 0.4) is 0 Å². The lowest BCUT2D eigenvalue weighted by Gasteiger charge is -2.00. The van der Waals surface area contributed by atoms with Gasteiger partial charge in [-0.2, -0.15) is 0 Å². The number of amides is 1. The average molecular weight is 396 g/mol. The van der Waals surface area contributed by atoms with Crippen LogP contribution in [0.15, 0.2) is 58.4 Å².